The lowest BCUT2D eigenvalue weighted by atomic mass is 9.93. The van der Waals surface area contributed by atoms with Gasteiger partial charge in [0.2, 0.25) is 0 Å². The van der Waals surface area contributed by atoms with E-state index in [4.69, 9.17) is 0 Å². The molecule has 1 aromatic carbocycles. The summed E-state index contributed by atoms with van der Waals surface area (Å²) < 4.78 is 0. The van der Waals surface area contributed by atoms with Gasteiger partial charge in [0, 0.05) is 12.1 Å². The molecule has 0 radical (unpaired) electrons. The minimum atomic E-state index is 0.746. The third-order valence-corrected chi connectivity index (χ3v) is 3.74. The molecule has 0 aliphatic carbocycles. The van der Waals surface area contributed by atoms with Crippen LogP contribution in [0.4, 0.5) is 0 Å². The van der Waals surface area contributed by atoms with Gasteiger partial charge >= 0.3 is 0 Å². The average molecular weight is 233 g/mol. The van der Waals surface area contributed by atoms with E-state index in [-0.39, 0.29) is 0 Å². The Morgan fingerprint density at radius 3 is 2.41 bits per heavy atom. The van der Waals surface area contributed by atoms with Gasteiger partial charge in [-0.05, 0) is 38.8 Å². The van der Waals surface area contributed by atoms with Crippen LogP contribution in [0, 0.1) is 0 Å². The summed E-state index contributed by atoms with van der Waals surface area (Å²) in [6.45, 7) is 6.34. The van der Waals surface area contributed by atoms with Crippen molar-refractivity contribution in [1.29, 1.82) is 0 Å². The highest BCUT2D eigenvalue weighted by atomic mass is 15.2. The van der Waals surface area contributed by atoms with Crippen LogP contribution < -0.4 is 0 Å². The van der Waals surface area contributed by atoms with Crippen molar-refractivity contribution in [2.24, 2.45) is 0 Å². The zero-order chi connectivity index (χ0) is 12.7. The Morgan fingerprint density at radius 1 is 1.12 bits per heavy atom. The maximum Gasteiger partial charge on any atom is 0.0135 e. The van der Waals surface area contributed by atoms with Gasteiger partial charge in [0.05, 0.1) is 0 Å². The Balaban J connectivity index is 0.000000686. The summed E-state index contributed by atoms with van der Waals surface area (Å²) in [6.07, 6.45) is 5.32. The Kier molecular flexibility index (Phi) is 6.28. The average Bonchev–Trinajstić information content (AvgIpc) is 2.39. The summed E-state index contributed by atoms with van der Waals surface area (Å²) in [4.78, 5) is 2.55. The van der Waals surface area contributed by atoms with Crippen LogP contribution in [0.5, 0.6) is 0 Å². The van der Waals surface area contributed by atoms with E-state index in [1.807, 2.05) is 13.8 Å². The highest BCUT2D eigenvalue weighted by Gasteiger charge is 2.24. The minimum absolute atomic E-state index is 0.746. The van der Waals surface area contributed by atoms with Crippen LogP contribution in [-0.4, -0.2) is 24.0 Å². The van der Waals surface area contributed by atoms with Crippen molar-refractivity contribution >= 4 is 0 Å². The largest absolute Gasteiger partial charge is 0.300 e. The molecule has 0 bridgehead atoms. The van der Waals surface area contributed by atoms with Crippen LogP contribution in [-0.2, 0) is 6.42 Å². The minimum Gasteiger partial charge on any atom is -0.300 e. The normalized spacial score (nSPS) is 24.9. The number of likely N-dealkylation sites (tertiary alicyclic amines) is 1. The highest BCUT2D eigenvalue weighted by Crippen LogP contribution is 2.23. The second-order valence-corrected chi connectivity index (χ2v) is 4.79. The Morgan fingerprint density at radius 2 is 1.76 bits per heavy atom. The van der Waals surface area contributed by atoms with Crippen LogP contribution in [0.1, 0.15) is 45.6 Å². The molecule has 1 nitrogen and oxygen atoms in total. The van der Waals surface area contributed by atoms with Gasteiger partial charge in [-0.25, -0.2) is 0 Å². The summed E-state index contributed by atoms with van der Waals surface area (Å²) in [6, 6.07) is 12.4. The molecule has 1 heteroatoms. The second kappa shape index (κ2) is 7.50. The van der Waals surface area contributed by atoms with E-state index in [9.17, 15) is 0 Å². The molecule has 96 valence electrons. The molecule has 2 atom stereocenters. The first kappa shape index (κ1) is 14.2. The molecule has 1 heterocycles. The highest BCUT2D eigenvalue weighted by molar-refractivity contribution is 5.16. The fraction of sp³-hybridized carbons (Fsp3) is 0.625. The van der Waals surface area contributed by atoms with Crippen LogP contribution in [0.2, 0.25) is 0 Å². The topological polar surface area (TPSA) is 3.24 Å². The van der Waals surface area contributed by atoms with Gasteiger partial charge in [-0.3, -0.25) is 0 Å². The van der Waals surface area contributed by atoms with Gasteiger partial charge in [-0.2, -0.15) is 0 Å². The summed E-state index contributed by atoms with van der Waals surface area (Å²) in [5, 5.41) is 0. The first-order valence-electron chi connectivity index (χ1n) is 7.03. The summed E-state index contributed by atoms with van der Waals surface area (Å²) in [7, 11) is 2.28. The van der Waals surface area contributed by atoms with E-state index in [0.717, 1.165) is 12.1 Å². The van der Waals surface area contributed by atoms with Crippen molar-refractivity contribution in [3.63, 3.8) is 0 Å². The molecule has 2 unspecified atom stereocenters. The van der Waals surface area contributed by atoms with Crippen LogP contribution in [0.15, 0.2) is 30.3 Å². The molecule has 1 saturated heterocycles. The van der Waals surface area contributed by atoms with Crippen molar-refractivity contribution in [1.82, 2.24) is 4.90 Å². The maximum absolute atomic E-state index is 2.55. The number of hydrogen-bond acceptors (Lipinski definition) is 1. The molecule has 1 aliphatic heterocycles. The Hall–Kier alpha value is -0.820. The second-order valence-electron chi connectivity index (χ2n) is 4.79. The molecule has 17 heavy (non-hydrogen) atoms. The first-order chi connectivity index (χ1) is 8.27. The lowest BCUT2D eigenvalue weighted by Gasteiger charge is -2.38. The smallest absolute Gasteiger partial charge is 0.0135 e. The standard InChI is InChI=1S/C14H21N.C2H6/c1-12-7-6-10-14(15(12)2)11-13-8-4-3-5-9-13;1-2/h3-5,8-9,12,14H,6-7,10-11H2,1-2H3;1-2H3. The number of benzene rings is 1. The SMILES string of the molecule is CC.CC1CCCC(Cc2ccccc2)N1C. The van der Waals surface area contributed by atoms with Crippen molar-refractivity contribution in [2.75, 3.05) is 7.05 Å². The van der Waals surface area contributed by atoms with Crippen LogP contribution >= 0.6 is 0 Å². The zero-order valence-electron chi connectivity index (χ0n) is 11.8. The van der Waals surface area contributed by atoms with Gasteiger partial charge in [0.25, 0.3) is 0 Å². The number of rotatable bonds is 2. The molecular formula is C16H27N. The number of piperidine rings is 1. The molecular weight excluding hydrogens is 206 g/mol. The molecule has 1 fully saturated rings. The third kappa shape index (κ3) is 4.16. The van der Waals surface area contributed by atoms with Gasteiger partial charge in [-0.15, -0.1) is 0 Å². The van der Waals surface area contributed by atoms with Gasteiger partial charge in [-0.1, -0.05) is 50.6 Å². The van der Waals surface area contributed by atoms with Crippen molar-refractivity contribution in [3.05, 3.63) is 35.9 Å². The third-order valence-electron chi connectivity index (χ3n) is 3.74. The molecule has 0 saturated carbocycles. The van der Waals surface area contributed by atoms with E-state index < -0.39 is 0 Å². The zero-order valence-corrected chi connectivity index (χ0v) is 11.8. The Bertz CT molecular complexity index is 294. The van der Waals surface area contributed by atoms with E-state index in [1.165, 1.54) is 31.2 Å². The fourth-order valence-corrected chi connectivity index (χ4v) is 2.55. The molecule has 1 aliphatic rings. The molecule has 2 rings (SSSR count). The molecule has 0 amide bonds. The summed E-state index contributed by atoms with van der Waals surface area (Å²) >= 11 is 0. The lowest BCUT2D eigenvalue weighted by molar-refractivity contribution is 0.125. The van der Waals surface area contributed by atoms with E-state index >= 15 is 0 Å². The van der Waals surface area contributed by atoms with Gasteiger partial charge in [0.15, 0.2) is 0 Å². The monoisotopic (exact) mass is 233 g/mol. The maximum atomic E-state index is 2.55. The van der Waals surface area contributed by atoms with Gasteiger partial charge < -0.3 is 4.90 Å². The number of likely N-dealkylation sites (N-methyl/N-ethyl adjacent to an activating group) is 1. The van der Waals surface area contributed by atoms with E-state index in [0.29, 0.717) is 0 Å². The van der Waals surface area contributed by atoms with Gasteiger partial charge in [0.1, 0.15) is 0 Å². The Labute approximate surface area is 107 Å². The predicted octanol–water partition coefficient (Wildman–Crippen LogP) is 4.13. The molecule has 1 aromatic rings. The summed E-state index contributed by atoms with van der Waals surface area (Å²) in [5.74, 6) is 0. The quantitative estimate of drug-likeness (QED) is 0.742. The number of hydrogen-bond donors (Lipinski definition) is 0. The molecule has 0 aromatic heterocycles. The van der Waals surface area contributed by atoms with Crippen LogP contribution in [0.3, 0.4) is 0 Å². The van der Waals surface area contributed by atoms with Crippen molar-refractivity contribution < 1.29 is 0 Å². The molecule has 0 N–H and O–H groups in total. The van der Waals surface area contributed by atoms with Crippen LogP contribution in [0.25, 0.3) is 0 Å². The first-order valence-corrected chi connectivity index (χ1v) is 7.03. The van der Waals surface area contributed by atoms with Crippen molar-refractivity contribution in [2.45, 2.75) is 58.5 Å². The van der Waals surface area contributed by atoms with E-state index in [2.05, 4.69) is 49.2 Å². The number of nitrogens with zero attached hydrogens (tertiary/aromatic N) is 1. The van der Waals surface area contributed by atoms with Crippen molar-refractivity contribution in [3.8, 4) is 0 Å². The fourth-order valence-electron chi connectivity index (χ4n) is 2.55. The molecule has 0 spiro atoms. The summed E-state index contributed by atoms with van der Waals surface area (Å²) in [5.41, 5.74) is 1.48. The lowest BCUT2D eigenvalue weighted by Crippen LogP contribution is -2.43. The predicted molar refractivity (Wildman–Crippen MR) is 76.4 cm³/mol. The van der Waals surface area contributed by atoms with E-state index in [1.54, 1.807) is 0 Å².